The van der Waals surface area contributed by atoms with Crippen LogP contribution in [0.3, 0.4) is 0 Å². The highest BCUT2D eigenvalue weighted by atomic mass is 16.2. The summed E-state index contributed by atoms with van der Waals surface area (Å²) in [5.74, 6) is 1.27. The minimum Gasteiger partial charge on any atom is -0.274 e. The predicted octanol–water partition coefficient (Wildman–Crippen LogP) is 2.09. The molecule has 1 N–H and O–H groups in total. The van der Waals surface area contributed by atoms with E-state index in [-0.39, 0.29) is 36.1 Å². The molecule has 26 heavy (non-hydrogen) atoms. The zero-order valence-corrected chi connectivity index (χ0v) is 14.6. The van der Waals surface area contributed by atoms with E-state index >= 15 is 0 Å². The van der Waals surface area contributed by atoms with E-state index in [4.69, 9.17) is 0 Å². The second kappa shape index (κ2) is 5.37. The van der Waals surface area contributed by atoms with Gasteiger partial charge in [-0.3, -0.25) is 19.6 Å². The summed E-state index contributed by atoms with van der Waals surface area (Å²) in [4.78, 5) is 31.8. The largest absolute Gasteiger partial charge is 0.274 e. The number of fused-ring (bicyclic) bond motifs is 5. The predicted molar refractivity (Wildman–Crippen MR) is 93.5 cm³/mol. The molecule has 6 heteroatoms. The fourth-order valence-electron chi connectivity index (χ4n) is 4.95. The van der Waals surface area contributed by atoms with Crippen molar-refractivity contribution in [1.29, 1.82) is 0 Å². The number of rotatable bonds is 4. The van der Waals surface area contributed by atoms with E-state index in [0.717, 1.165) is 12.0 Å². The number of H-pyrrole nitrogens is 1. The number of aromatic amines is 1. The molecule has 5 rings (SSSR count). The average molecular weight is 348 g/mol. The van der Waals surface area contributed by atoms with Crippen LogP contribution in [0.25, 0.3) is 0 Å². The zero-order valence-electron chi connectivity index (χ0n) is 14.6. The maximum Gasteiger partial charge on any atom is 0.236 e. The highest BCUT2D eigenvalue weighted by Gasteiger charge is 2.67. The van der Waals surface area contributed by atoms with Gasteiger partial charge in [-0.25, -0.2) is 4.98 Å². The fourth-order valence-corrected chi connectivity index (χ4v) is 4.95. The summed E-state index contributed by atoms with van der Waals surface area (Å²) in [6.45, 7) is 2.12. The van der Waals surface area contributed by atoms with Crippen LogP contribution in [0.2, 0.25) is 0 Å². The van der Waals surface area contributed by atoms with Gasteiger partial charge in [-0.2, -0.15) is 5.10 Å². The molecule has 2 aromatic rings. The number of amides is 2. The van der Waals surface area contributed by atoms with Gasteiger partial charge in [0.15, 0.2) is 5.82 Å². The van der Waals surface area contributed by atoms with Crippen LogP contribution in [-0.4, -0.2) is 31.9 Å². The van der Waals surface area contributed by atoms with Crippen molar-refractivity contribution in [3.05, 3.63) is 59.7 Å². The molecule has 0 spiro atoms. The zero-order chi connectivity index (χ0) is 17.9. The van der Waals surface area contributed by atoms with E-state index in [0.29, 0.717) is 18.1 Å². The maximum absolute atomic E-state index is 13.0. The van der Waals surface area contributed by atoms with Crippen LogP contribution < -0.4 is 0 Å². The molecule has 2 heterocycles. The lowest BCUT2D eigenvalue weighted by Gasteiger charge is -2.28. The molecule has 2 amide bonds. The number of hydrogen-bond donors (Lipinski definition) is 1. The molecule has 1 aromatic heterocycles. The Hall–Kier alpha value is -2.76. The summed E-state index contributed by atoms with van der Waals surface area (Å²) in [6.07, 6.45) is 5.77. The smallest absolute Gasteiger partial charge is 0.236 e. The number of carbonyl (C=O) groups excluding carboxylic acids is 2. The normalized spacial score (nSPS) is 31.9. The van der Waals surface area contributed by atoms with Crippen molar-refractivity contribution in [3.8, 4) is 0 Å². The van der Waals surface area contributed by atoms with Crippen LogP contribution >= 0.6 is 0 Å². The van der Waals surface area contributed by atoms with Crippen LogP contribution in [0, 0.1) is 23.2 Å². The number of nitrogens with one attached hydrogen (secondary N) is 1. The third kappa shape index (κ3) is 2.04. The number of carbonyl (C=O) groups is 2. The van der Waals surface area contributed by atoms with Crippen LogP contribution in [0.15, 0.2) is 42.5 Å². The van der Waals surface area contributed by atoms with E-state index in [9.17, 15) is 9.59 Å². The molecule has 4 atom stereocenters. The fraction of sp³-hybridized carbons (Fsp3) is 0.400. The number of benzene rings is 1. The third-order valence-electron chi connectivity index (χ3n) is 6.29. The first-order valence-electron chi connectivity index (χ1n) is 9.05. The summed E-state index contributed by atoms with van der Waals surface area (Å²) in [5, 5.41) is 7.13. The summed E-state index contributed by atoms with van der Waals surface area (Å²) in [5.41, 5.74) is 0.541. The standard InChI is InChI=1S/C20H20N4O2/c1-20-14-8-7-13(10-14)17(20)18(25)24(19(20)26)11-16-21-15(22-23-16)9-12-5-3-2-4-6-12/h2-8,13-14,17H,9-11H2,1H3,(H,21,22,23)/t13-,14+,17+,20+/m0/s1. The third-order valence-corrected chi connectivity index (χ3v) is 6.29. The molecular weight excluding hydrogens is 328 g/mol. The van der Waals surface area contributed by atoms with Gasteiger partial charge >= 0.3 is 0 Å². The van der Waals surface area contributed by atoms with Crippen LogP contribution in [0.5, 0.6) is 0 Å². The van der Waals surface area contributed by atoms with E-state index in [1.807, 2.05) is 37.3 Å². The molecule has 1 aliphatic heterocycles. The van der Waals surface area contributed by atoms with Gasteiger partial charge < -0.3 is 0 Å². The summed E-state index contributed by atoms with van der Waals surface area (Å²) < 4.78 is 0. The first-order valence-corrected chi connectivity index (χ1v) is 9.05. The average Bonchev–Trinajstić information content (AvgIpc) is 3.38. The van der Waals surface area contributed by atoms with Crippen molar-refractivity contribution in [2.24, 2.45) is 23.2 Å². The Morgan fingerprint density at radius 3 is 2.81 bits per heavy atom. The molecule has 0 unspecified atom stereocenters. The Bertz CT molecular complexity index is 919. The van der Waals surface area contributed by atoms with Gasteiger partial charge in [0.2, 0.25) is 11.8 Å². The number of allylic oxidation sites excluding steroid dienone is 2. The topological polar surface area (TPSA) is 79.0 Å². The Morgan fingerprint density at radius 2 is 2.04 bits per heavy atom. The first-order chi connectivity index (χ1) is 12.6. The maximum atomic E-state index is 13.0. The van der Waals surface area contributed by atoms with Gasteiger partial charge in [0.25, 0.3) is 0 Å². The van der Waals surface area contributed by atoms with E-state index in [1.54, 1.807) is 0 Å². The highest BCUT2D eigenvalue weighted by molar-refractivity contribution is 6.08. The molecule has 132 valence electrons. The van der Waals surface area contributed by atoms with Gasteiger partial charge in [0.1, 0.15) is 5.82 Å². The van der Waals surface area contributed by atoms with Gasteiger partial charge in [-0.15, -0.1) is 0 Å². The Kier molecular flexibility index (Phi) is 3.20. The van der Waals surface area contributed by atoms with Gasteiger partial charge in [-0.1, -0.05) is 42.5 Å². The lowest BCUT2D eigenvalue weighted by atomic mass is 9.71. The number of likely N-dealkylation sites (tertiary alicyclic amines) is 1. The highest BCUT2D eigenvalue weighted by Crippen LogP contribution is 2.60. The van der Waals surface area contributed by atoms with Gasteiger partial charge in [-0.05, 0) is 30.7 Å². The molecule has 2 fully saturated rings. The molecule has 1 aromatic carbocycles. The monoisotopic (exact) mass is 348 g/mol. The summed E-state index contributed by atoms with van der Waals surface area (Å²) in [6, 6.07) is 9.97. The van der Waals surface area contributed by atoms with Crippen LogP contribution in [-0.2, 0) is 22.6 Å². The van der Waals surface area contributed by atoms with Crippen molar-refractivity contribution in [1.82, 2.24) is 20.1 Å². The molecular formula is C20H20N4O2. The SMILES string of the molecule is C[C@]12C(=O)N(Cc3nc(Cc4ccccc4)n[nH]3)C(=O)[C@H]1[C@H]1C=C[C@@H]2C1. The molecule has 1 saturated carbocycles. The van der Waals surface area contributed by atoms with E-state index in [1.165, 1.54) is 4.90 Å². The molecule has 1 saturated heterocycles. The second-order valence-electron chi connectivity index (χ2n) is 7.74. The quantitative estimate of drug-likeness (QED) is 0.678. The van der Waals surface area contributed by atoms with Gasteiger partial charge in [0, 0.05) is 6.42 Å². The number of nitrogens with zero attached hydrogens (tertiary/aromatic N) is 3. The van der Waals surface area contributed by atoms with E-state index < -0.39 is 5.41 Å². The van der Waals surface area contributed by atoms with Crippen molar-refractivity contribution < 1.29 is 9.59 Å². The molecule has 2 bridgehead atoms. The number of hydrogen-bond acceptors (Lipinski definition) is 4. The first kappa shape index (κ1) is 15.5. The lowest BCUT2D eigenvalue weighted by Crippen LogP contribution is -2.37. The van der Waals surface area contributed by atoms with Crippen molar-refractivity contribution in [2.75, 3.05) is 0 Å². The van der Waals surface area contributed by atoms with Crippen LogP contribution in [0.1, 0.15) is 30.6 Å². The minimum atomic E-state index is -0.580. The van der Waals surface area contributed by atoms with Gasteiger partial charge in [0.05, 0.1) is 17.9 Å². The second-order valence-corrected chi connectivity index (χ2v) is 7.74. The lowest BCUT2D eigenvalue weighted by molar-refractivity contribution is -0.143. The summed E-state index contributed by atoms with van der Waals surface area (Å²) >= 11 is 0. The Morgan fingerprint density at radius 1 is 1.23 bits per heavy atom. The molecule has 3 aliphatic rings. The molecule has 2 aliphatic carbocycles. The minimum absolute atomic E-state index is 0.0599. The molecule has 6 nitrogen and oxygen atoms in total. The Balaban J connectivity index is 1.35. The van der Waals surface area contributed by atoms with Crippen molar-refractivity contribution in [3.63, 3.8) is 0 Å². The van der Waals surface area contributed by atoms with Crippen molar-refractivity contribution in [2.45, 2.75) is 26.3 Å². The van der Waals surface area contributed by atoms with Crippen LogP contribution in [0.4, 0.5) is 0 Å². The van der Waals surface area contributed by atoms with Crippen molar-refractivity contribution >= 4 is 11.8 Å². The Labute approximate surface area is 151 Å². The summed E-state index contributed by atoms with van der Waals surface area (Å²) in [7, 11) is 0. The molecule has 0 radical (unpaired) electrons. The number of aromatic nitrogens is 3. The van der Waals surface area contributed by atoms with E-state index in [2.05, 4.69) is 27.3 Å². The number of imide groups is 1.